The van der Waals surface area contributed by atoms with Crippen molar-refractivity contribution in [3.8, 4) is 6.07 Å². The summed E-state index contributed by atoms with van der Waals surface area (Å²) in [6, 6.07) is 1.44. The number of hydrogen-bond acceptors (Lipinski definition) is 5. The summed E-state index contributed by atoms with van der Waals surface area (Å²) in [5.41, 5.74) is 1.21. The lowest BCUT2D eigenvalue weighted by Crippen LogP contribution is -2.47. The summed E-state index contributed by atoms with van der Waals surface area (Å²) in [6.45, 7) is 0.271. The van der Waals surface area contributed by atoms with E-state index in [9.17, 15) is 14.4 Å². The summed E-state index contributed by atoms with van der Waals surface area (Å²) in [5.74, 6) is -0.948. The minimum absolute atomic E-state index is 0.229. The summed E-state index contributed by atoms with van der Waals surface area (Å²) in [6.07, 6.45) is 1.35. The Morgan fingerprint density at radius 1 is 1.40 bits per heavy atom. The predicted octanol–water partition coefficient (Wildman–Crippen LogP) is 0.771. The maximum atomic E-state index is 12.3. The second-order valence-corrected chi connectivity index (χ2v) is 5.70. The molecule has 1 saturated heterocycles. The SMILES string of the molecule is N#Cc1scc2c1CN(C1CCCC(=O)NC1=O)C2=O. The summed E-state index contributed by atoms with van der Waals surface area (Å²) < 4.78 is 0. The van der Waals surface area contributed by atoms with Crippen molar-refractivity contribution < 1.29 is 14.4 Å². The smallest absolute Gasteiger partial charge is 0.256 e. The van der Waals surface area contributed by atoms with Crippen LogP contribution in [-0.4, -0.2) is 28.7 Å². The van der Waals surface area contributed by atoms with Crippen molar-refractivity contribution in [1.82, 2.24) is 10.2 Å². The minimum Gasteiger partial charge on any atom is -0.322 e. The van der Waals surface area contributed by atoms with E-state index in [1.165, 1.54) is 16.2 Å². The van der Waals surface area contributed by atoms with Gasteiger partial charge in [0.1, 0.15) is 17.0 Å². The number of carbonyl (C=O) groups is 3. The van der Waals surface area contributed by atoms with Gasteiger partial charge in [0, 0.05) is 23.9 Å². The fourth-order valence-corrected chi connectivity index (χ4v) is 3.48. The van der Waals surface area contributed by atoms with Gasteiger partial charge in [0.25, 0.3) is 5.91 Å². The van der Waals surface area contributed by atoms with Gasteiger partial charge in [-0.15, -0.1) is 11.3 Å². The van der Waals surface area contributed by atoms with Crippen LogP contribution in [0.2, 0.25) is 0 Å². The van der Waals surface area contributed by atoms with Crippen molar-refractivity contribution in [2.24, 2.45) is 0 Å². The Bertz CT molecular complexity index is 658. The van der Waals surface area contributed by atoms with E-state index in [1.807, 2.05) is 0 Å². The van der Waals surface area contributed by atoms with Gasteiger partial charge in [-0.3, -0.25) is 19.7 Å². The quantitative estimate of drug-likeness (QED) is 0.773. The summed E-state index contributed by atoms with van der Waals surface area (Å²) in [7, 11) is 0. The molecule has 1 aromatic rings. The second-order valence-electron chi connectivity index (χ2n) is 4.82. The molecule has 3 amide bonds. The molecule has 1 aromatic heterocycles. The Morgan fingerprint density at radius 2 is 2.20 bits per heavy atom. The molecule has 3 heterocycles. The maximum absolute atomic E-state index is 12.3. The number of fused-ring (bicyclic) bond motifs is 1. The van der Waals surface area contributed by atoms with Crippen molar-refractivity contribution in [2.75, 3.05) is 0 Å². The second kappa shape index (κ2) is 4.72. The highest BCUT2D eigenvalue weighted by atomic mass is 32.1. The third-order valence-electron chi connectivity index (χ3n) is 3.64. The van der Waals surface area contributed by atoms with Crippen LogP contribution in [0.5, 0.6) is 0 Å². The van der Waals surface area contributed by atoms with Crippen molar-refractivity contribution >= 4 is 29.1 Å². The van der Waals surface area contributed by atoms with E-state index in [-0.39, 0.29) is 18.4 Å². The van der Waals surface area contributed by atoms with Gasteiger partial charge in [0.05, 0.1) is 5.56 Å². The average molecular weight is 289 g/mol. The van der Waals surface area contributed by atoms with E-state index in [0.717, 1.165) is 0 Å². The van der Waals surface area contributed by atoms with Gasteiger partial charge in [-0.25, -0.2) is 0 Å². The van der Waals surface area contributed by atoms with Crippen LogP contribution in [0, 0.1) is 11.3 Å². The summed E-state index contributed by atoms with van der Waals surface area (Å²) in [4.78, 5) is 37.6. The molecule has 1 atom stereocenters. The molecule has 1 unspecified atom stereocenters. The highest BCUT2D eigenvalue weighted by molar-refractivity contribution is 7.11. The zero-order chi connectivity index (χ0) is 14.3. The Morgan fingerprint density at radius 3 is 2.95 bits per heavy atom. The topological polar surface area (TPSA) is 90.3 Å². The van der Waals surface area contributed by atoms with E-state index >= 15 is 0 Å². The Balaban J connectivity index is 1.88. The normalized spacial score (nSPS) is 22.2. The van der Waals surface area contributed by atoms with Crippen LogP contribution in [-0.2, 0) is 16.1 Å². The molecule has 1 fully saturated rings. The number of carbonyl (C=O) groups excluding carboxylic acids is 3. The first kappa shape index (κ1) is 12.8. The fourth-order valence-electron chi connectivity index (χ4n) is 2.63. The van der Waals surface area contributed by atoms with Crippen molar-refractivity contribution in [2.45, 2.75) is 31.8 Å². The van der Waals surface area contributed by atoms with Crippen molar-refractivity contribution in [3.05, 3.63) is 21.4 Å². The third kappa shape index (κ3) is 1.89. The number of rotatable bonds is 1. The third-order valence-corrected chi connectivity index (χ3v) is 4.56. The molecular weight excluding hydrogens is 278 g/mol. The fraction of sp³-hybridized carbons (Fsp3) is 0.385. The molecule has 1 N–H and O–H groups in total. The first-order valence-corrected chi connectivity index (χ1v) is 7.15. The predicted molar refractivity (Wildman–Crippen MR) is 69.7 cm³/mol. The Hall–Kier alpha value is -2.20. The molecule has 0 aliphatic carbocycles. The molecular formula is C13H11N3O3S. The average Bonchev–Trinajstić information content (AvgIpc) is 2.90. The molecule has 0 radical (unpaired) electrons. The molecule has 20 heavy (non-hydrogen) atoms. The van der Waals surface area contributed by atoms with Gasteiger partial charge in [-0.1, -0.05) is 0 Å². The first-order valence-electron chi connectivity index (χ1n) is 6.27. The molecule has 0 bridgehead atoms. The van der Waals surface area contributed by atoms with Gasteiger partial charge in [0.2, 0.25) is 11.8 Å². The largest absolute Gasteiger partial charge is 0.322 e. The molecule has 0 spiro atoms. The van der Waals surface area contributed by atoms with E-state index < -0.39 is 11.9 Å². The first-order chi connectivity index (χ1) is 9.61. The van der Waals surface area contributed by atoms with Gasteiger partial charge >= 0.3 is 0 Å². The minimum atomic E-state index is -0.627. The number of imide groups is 1. The zero-order valence-corrected chi connectivity index (χ0v) is 11.3. The van der Waals surface area contributed by atoms with Crippen LogP contribution in [0.1, 0.15) is 40.1 Å². The molecule has 3 rings (SSSR count). The van der Waals surface area contributed by atoms with Crippen molar-refractivity contribution in [3.63, 3.8) is 0 Å². The van der Waals surface area contributed by atoms with Crippen LogP contribution in [0.25, 0.3) is 0 Å². The molecule has 7 heteroatoms. The number of nitrogens with one attached hydrogen (secondary N) is 1. The molecule has 6 nitrogen and oxygen atoms in total. The van der Waals surface area contributed by atoms with Gasteiger partial charge in [0.15, 0.2) is 0 Å². The monoisotopic (exact) mass is 289 g/mol. The summed E-state index contributed by atoms with van der Waals surface area (Å²) in [5, 5.41) is 13.0. The molecule has 0 aromatic carbocycles. The van der Waals surface area contributed by atoms with Crippen LogP contribution < -0.4 is 5.32 Å². The van der Waals surface area contributed by atoms with E-state index in [2.05, 4.69) is 11.4 Å². The molecule has 2 aliphatic rings. The maximum Gasteiger partial charge on any atom is 0.256 e. The van der Waals surface area contributed by atoms with E-state index in [1.54, 1.807) is 5.38 Å². The molecule has 2 aliphatic heterocycles. The standard InChI is InChI=1S/C13H11N3O3S/c14-4-10-7-5-16(13(19)8(7)6-20-10)9-2-1-3-11(17)15-12(9)18/h6,9H,1-3,5H2,(H,15,17,18). The lowest BCUT2D eigenvalue weighted by Gasteiger charge is -2.24. The van der Waals surface area contributed by atoms with Crippen LogP contribution in [0.4, 0.5) is 0 Å². The Labute approximate surface area is 119 Å². The number of nitriles is 1. The number of thiophene rings is 1. The number of nitrogens with zero attached hydrogens (tertiary/aromatic N) is 2. The molecule has 102 valence electrons. The molecule has 0 saturated carbocycles. The van der Waals surface area contributed by atoms with Gasteiger partial charge < -0.3 is 4.90 Å². The highest BCUT2D eigenvalue weighted by Crippen LogP contribution is 2.33. The van der Waals surface area contributed by atoms with Crippen LogP contribution in [0.3, 0.4) is 0 Å². The van der Waals surface area contributed by atoms with Gasteiger partial charge in [-0.05, 0) is 12.8 Å². The summed E-state index contributed by atoms with van der Waals surface area (Å²) >= 11 is 1.25. The number of amides is 3. The Kier molecular flexibility index (Phi) is 3.03. The van der Waals surface area contributed by atoms with E-state index in [4.69, 9.17) is 5.26 Å². The van der Waals surface area contributed by atoms with Crippen molar-refractivity contribution in [1.29, 1.82) is 5.26 Å². The highest BCUT2D eigenvalue weighted by Gasteiger charge is 2.39. The van der Waals surface area contributed by atoms with Gasteiger partial charge in [-0.2, -0.15) is 5.26 Å². The van der Waals surface area contributed by atoms with Crippen LogP contribution in [0.15, 0.2) is 5.38 Å². The lowest BCUT2D eigenvalue weighted by molar-refractivity contribution is -0.132. The number of hydrogen-bond donors (Lipinski definition) is 1. The van der Waals surface area contributed by atoms with Crippen LogP contribution >= 0.6 is 11.3 Å². The lowest BCUT2D eigenvalue weighted by atomic mass is 10.1. The zero-order valence-electron chi connectivity index (χ0n) is 10.5. The van der Waals surface area contributed by atoms with E-state index in [0.29, 0.717) is 35.3 Å².